The molecule has 1 aromatic heterocycles. The fraction of sp³-hybridized carbons (Fsp3) is 0.250. The van der Waals surface area contributed by atoms with Gasteiger partial charge in [0.25, 0.3) is 0 Å². The maximum Gasteiger partial charge on any atom is 0.419 e. The van der Waals surface area contributed by atoms with Crippen LogP contribution in [-0.2, 0) is 4.74 Å². The molecule has 3 rings (SSSR count). The van der Waals surface area contributed by atoms with Crippen molar-refractivity contribution in [3.63, 3.8) is 0 Å². The van der Waals surface area contributed by atoms with Crippen LogP contribution in [0.15, 0.2) is 48.5 Å². The zero-order chi connectivity index (χ0) is 18.2. The lowest BCUT2D eigenvalue weighted by atomic mass is 10.1. The highest BCUT2D eigenvalue weighted by molar-refractivity contribution is 6.35. The summed E-state index contributed by atoms with van der Waals surface area (Å²) in [6, 6.07) is 14.9. The molecule has 0 bridgehead atoms. The van der Waals surface area contributed by atoms with Crippen molar-refractivity contribution in [1.82, 2.24) is 4.57 Å². The number of rotatable bonds is 2. The van der Waals surface area contributed by atoms with Crippen molar-refractivity contribution in [1.29, 1.82) is 0 Å². The summed E-state index contributed by atoms with van der Waals surface area (Å²) in [5, 5.41) is 1.40. The number of hydrogen-bond acceptors (Lipinski definition) is 3. The number of methoxy groups -OCH3 is 1. The molecule has 4 nitrogen and oxygen atoms in total. The van der Waals surface area contributed by atoms with Gasteiger partial charge in [-0.1, -0.05) is 17.7 Å². The lowest BCUT2D eigenvalue weighted by molar-refractivity contribution is 0.0547. The summed E-state index contributed by atoms with van der Waals surface area (Å²) in [5.41, 5.74) is 1.72. The highest BCUT2D eigenvalue weighted by Gasteiger charge is 2.23. The zero-order valence-corrected chi connectivity index (χ0v) is 15.4. The third-order valence-corrected chi connectivity index (χ3v) is 4.08. The van der Waals surface area contributed by atoms with E-state index >= 15 is 0 Å². The molecule has 130 valence electrons. The topological polar surface area (TPSA) is 40.5 Å². The minimum Gasteiger partial charge on any atom is -0.497 e. The first-order valence-electron chi connectivity index (χ1n) is 7.98. The summed E-state index contributed by atoms with van der Waals surface area (Å²) in [6.45, 7) is 5.53. The lowest BCUT2D eigenvalue weighted by Crippen LogP contribution is -2.27. The summed E-state index contributed by atoms with van der Waals surface area (Å²) < 4.78 is 12.4. The molecule has 0 aliphatic heterocycles. The van der Waals surface area contributed by atoms with Crippen molar-refractivity contribution in [3.8, 4) is 17.0 Å². The molecular weight excluding hydrogens is 338 g/mol. The van der Waals surface area contributed by atoms with Crippen LogP contribution in [0.3, 0.4) is 0 Å². The molecule has 0 saturated carbocycles. The molecule has 1 heterocycles. The van der Waals surface area contributed by atoms with Gasteiger partial charge >= 0.3 is 6.09 Å². The molecular formula is C20H20ClNO3. The molecule has 0 N–H and O–H groups in total. The predicted molar refractivity (Wildman–Crippen MR) is 101 cm³/mol. The third-order valence-electron chi connectivity index (χ3n) is 3.75. The second-order valence-electron chi connectivity index (χ2n) is 6.75. The van der Waals surface area contributed by atoms with E-state index in [1.54, 1.807) is 17.7 Å². The van der Waals surface area contributed by atoms with Gasteiger partial charge in [0, 0.05) is 10.4 Å². The van der Waals surface area contributed by atoms with E-state index in [4.69, 9.17) is 21.1 Å². The van der Waals surface area contributed by atoms with Gasteiger partial charge in [-0.2, -0.15) is 0 Å². The van der Waals surface area contributed by atoms with Crippen LogP contribution in [-0.4, -0.2) is 23.4 Å². The first kappa shape index (κ1) is 17.4. The first-order valence-corrected chi connectivity index (χ1v) is 8.36. The fourth-order valence-corrected chi connectivity index (χ4v) is 2.90. The van der Waals surface area contributed by atoms with Gasteiger partial charge < -0.3 is 9.47 Å². The van der Waals surface area contributed by atoms with E-state index in [1.165, 1.54) is 0 Å². The van der Waals surface area contributed by atoms with E-state index in [9.17, 15) is 4.79 Å². The zero-order valence-electron chi connectivity index (χ0n) is 14.7. The second-order valence-corrected chi connectivity index (χ2v) is 7.15. The molecule has 0 saturated heterocycles. The van der Waals surface area contributed by atoms with Gasteiger partial charge in [0.1, 0.15) is 11.4 Å². The summed E-state index contributed by atoms with van der Waals surface area (Å²) in [5.74, 6) is 0.752. The number of carbonyl (C=O) groups excluding carboxylic acids is 1. The van der Waals surface area contributed by atoms with Gasteiger partial charge in [-0.3, -0.25) is 0 Å². The van der Waals surface area contributed by atoms with Crippen LogP contribution in [0.1, 0.15) is 20.8 Å². The van der Waals surface area contributed by atoms with Crippen molar-refractivity contribution in [2.45, 2.75) is 26.4 Å². The van der Waals surface area contributed by atoms with Crippen molar-refractivity contribution in [3.05, 3.63) is 53.6 Å². The summed E-state index contributed by atoms with van der Waals surface area (Å²) >= 11 is 6.33. The Bertz CT molecular complexity index is 921. The Kier molecular flexibility index (Phi) is 4.48. The highest BCUT2D eigenvalue weighted by Crippen LogP contribution is 2.33. The van der Waals surface area contributed by atoms with E-state index < -0.39 is 11.7 Å². The van der Waals surface area contributed by atoms with Crippen LogP contribution in [0, 0.1) is 0 Å². The normalized spacial score (nSPS) is 11.6. The van der Waals surface area contributed by atoms with Crippen LogP contribution in [0.2, 0.25) is 5.02 Å². The van der Waals surface area contributed by atoms with Crippen LogP contribution >= 0.6 is 11.6 Å². The maximum atomic E-state index is 12.8. The van der Waals surface area contributed by atoms with Crippen molar-refractivity contribution in [2.24, 2.45) is 0 Å². The minimum absolute atomic E-state index is 0.435. The van der Waals surface area contributed by atoms with Crippen LogP contribution < -0.4 is 4.74 Å². The number of benzene rings is 2. The number of aromatic nitrogens is 1. The molecule has 0 unspecified atom stereocenters. The Hall–Kier alpha value is -2.46. The summed E-state index contributed by atoms with van der Waals surface area (Å²) in [4.78, 5) is 12.8. The maximum absolute atomic E-state index is 12.8. The van der Waals surface area contributed by atoms with Crippen LogP contribution in [0.5, 0.6) is 5.75 Å². The highest BCUT2D eigenvalue weighted by atomic mass is 35.5. The average Bonchev–Trinajstić information content (AvgIpc) is 2.94. The quantitative estimate of drug-likeness (QED) is 0.586. The molecule has 3 aromatic rings. The fourth-order valence-electron chi connectivity index (χ4n) is 2.67. The Morgan fingerprint density at radius 3 is 2.36 bits per heavy atom. The van der Waals surface area contributed by atoms with Crippen molar-refractivity contribution in [2.75, 3.05) is 7.11 Å². The molecule has 5 heteroatoms. The molecule has 2 aromatic carbocycles. The van der Waals surface area contributed by atoms with Gasteiger partial charge in [-0.15, -0.1) is 0 Å². The Labute approximate surface area is 151 Å². The Morgan fingerprint density at radius 2 is 1.76 bits per heavy atom. The van der Waals surface area contributed by atoms with Gasteiger partial charge in [-0.25, -0.2) is 9.36 Å². The van der Waals surface area contributed by atoms with E-state index in [-0.39, 0.29) is 0 Å². The van der Waals surface area contributed by atoms with Gasteiger partial charge in [0.2, 0.25) is 0 Å². The van der Waals surface area contributed by atoms with Crippen LogP contribution in [0.4, 0.5) is 4.79 Å². The molecule has 0 radical (unpaired) electrons. The third kappa shape index (κ3) is 3.49. The minimum atomic E-state index is -0.594. The number of fused-ring (bicyclic) bond motifs is 1. The van der Waals surface area contributed by atoms with Crippen molar-refractivity contribution >= 4 is 28.6 Å². The molecule has 0 aliphatic rings. The van der Waals surface area contributed by atoms with Crippen LogP contribution in [0.25, 0.3) is 22.2 Å². The Balaban J connectivity index is 2.21. The standard InChI is InChI=1S/C20H20ClNO3/c1-20(2,3)25-19(23)22-17-7-5-6-16(21)15(17)12-18(22)13-8-10-14(24-4)11-9-13/h5-12H,1-4H3. The number of hydrogen-bond donors (Lipinski definition) is 0. The van der Waals surface area contributed by atoms with E-state index in [2.05, 4.69) is 0 Å². The van der Waals surface area contributed by atoms with E-state index in [0.717, 1.165) is 22.4 Å². The number of nitrogens with zero attached hydrogens (tertiary/aromatic N) is 1. The molecule has 0 fully saturated rings. The first-order chi connectivity index (χ1) is 11.8. The molecule has 0 aliphatic carbocycles. The monoisotopic (exact) mass is 357 g/mol. The number of carbonyl (C=O) groups is 1. The molecule has 0 spiro atoms. The smallest absolute Gasteiger partial charge is 0.419 e. The molecule has 0 atom stereocenters. The summed E-state index contributed by atoms with van der Waals surface area (Å²) in [6.07, 6.45) is -0.435. The van der Waals surface area contributed by atoms with Gasteiger partial charge in [0.15, 0.2) is 0 Å². The summed E-state index contributed by atoms with van der Waals surface area (Å²) in [7, 11) is 1.62. The SMILES string of the molecule is COc1ccc(-c2cc3c(Cl)cccc3n2C(=O)OC(C)(C)C)cc1. The molecule has 25 heavy (non-hydrogen) atoms. The van der Waals surface area contributed by atoms with E-state index in [1.807, 2.05) is 63.2 Å². The lowest BCUT2D eigenvalue weighted by Gasteiger charge is -2.21. The van der Waals surface area contributed by atoms with Gasteiger partial charge in [-0.05, 0) is 68.8 Å². The number of ether oxygens (including phenoxy) is 2. The van der Waals surface area contributed by atoms with Crippen molar-refractivity contribution < 1.29 is 14.3 Å². The largest absolute Gasteiger partial charge is 0.497 e. The van der Waals surface area contributed by atoms with Gasteiger partial charge in [0.05, 0.1) is 18.3 Å². The number of halogens is 1. The molecule has 0 amide bonds. The van der Waals surface area contributed by atoms with E-state index in [0.29, 0.717) is 10.5 Å². The second kappa shape index (κ2) is 6.45. The average molecular weight is 358 g/mol. The Morgan fingerprint density at radius 1 is 1.08 bits per heavy atom. The predicted octanol–water partition coefficient (Wildman–Crippen LogP) is 5.75.